The summed E-state index contributed by atoms with van der Waals surface area (Å²) in [5.74, 6) is -0.503. The number of ether oxygens (including phenoxy) is 1. The van der Waals surface area contributed by atoms with Crippen molar-refractivity contribution in [1.29, 1.82) is 0 Å². The summed E-state index contributed by atoms with van der Waals surface area (Å²) in [6.07, 6.45) is 1.09. The number of esters is 1. The summed E-state index contributed by atoms with van der Waals surface area (Å²) in [6, 6.07) is 2.00. The molecule has 0 saturated heterocycles. The van der Waals surface area contributed by atoms with Crippen molar-refractivity contribution in [2.24, 2.45) is 0 Å². The van der Waals surface area contributed by atoms with Crippen molar-refractivity contribution in [1.82, 2.24) is 4.98 Å². The van der Waals surface area contributed by atoms with Crippen molar-refractivity contribution in [3.05, 3.63) is 33.0 Å². The van der Waals surface area contributed by atoms with Gasteiger partial charge in [-0.1, -0.05) is 11.3 Å². The predicted octanol–water partition coefficient (Wildman–Crippen LogP) is 3.26. The third kappa shape index (κ3) is 4.37. The lowest BCUT2D eigenvalue weighted by Crippen LogP contribution is -2.11. The van der Waals surface area contributed by atoms with Crippen molar-refractivity contribution in [2.45, 2.75) is 26.7 Å². The standard InChI is InChI=1S/C14H16N2O3S2/c1-3-19-13(18)12-9(2)15-14(21-12)16-11(17)5-4-10-6-7-20-8-10/h6-8H,3-5H2,1-2H3,(H,15,16,17). The molecule has 21 heavy (non-hydrogen) atoms. The van der Waals surface area contributed by atoms with Crippen molar-refractivity contribution in [3.63, 3.8) is 0 Å². The summed E-state index contributed by atoms with van der Waals surface area (Å²) < 4.78 is 4.94. The number of aromatic nitrogens is 1. The number of nitrogens with zero attached hydrogens (tertiary/aromatic N) is 1. The van der Waals surface area contributed by atoms with Gasteiger partial charge in [-0.05, 0) is 42.7 Å². The van der Waals surface area contributed by atoms with Crippen LogP contribution < -0.4 is 5.32 Å². The minimum atomic E-state index is -0.397. The van der Waals surface area contributed by atoms with E-state index >= 15 is 0 Å². The van der Waals surface area contributed by atoms with Crippen LogP contribution >= 0.6 is 22.7 Å². The Morgan fingerprint density at radius 1 is 1.43 bits per heavy atom. The summed E-state index contributed by atoms with van der Waals surface area (Å²) in [5, 5.41) is 7.18. The zero-order valence-corrected chi connectivity index (χ0v) is 13.5. The van der Waals surface area contributed by atoms with Gasteiger partial charge in [-0.25, -0.2) is 9.78 Å². The first kappa shape index (κ1) is 15.7. The molecule has 2 heterocycles. The lowest BCUT2D eigenvalue weighted by Gasteiger charge is -2.00. The van der Waals surface area contributed by atoms with Crippen LogP contribution in [0.2, 0.25) is 0 Å². The Morgan fingerprint density at radius 3 is 2.90 bits per heavy atom. The minimum Gasteiger partial charge on any atom is -0.462 e. The summed E-state index contributed by atoms with van der Waals surface area (Å²) in [7, 11) is 0. The van der Waals surface area contributed by atoms with E-state index in [2.05, 4.69) is 10.3 Å². The average Bonchev–Trinajstić information content (AvgIpc) is 3.06. The van der Waals surface area contributed by atoms with Crippen molar-refractivity contribution in [2.75, 3.05) is 11.9 Å². The van der Waals surface area contributed by atoms with Crippen LogP contribution in [0.25, 0.3) is 0 Å². The summed E-state index contributed by atoms with van der Waals surface area (Å²) in [4.78, 5) is 28.2. The number of aryl methyl sites for hydroxylation is 2. The van der Waals surface area contributed by atoms with Crippen molar-refractivity contribution < 1.29 is 14.3 Å². The highest BCUT2D eigenvalue weighted by Crippen LogP contribution is 2.23. The molecule has 0 aliphatic heterocycles. The minimum absolute atomic E-state index is 0.106. The molecule has 0 radical (unpaired) electrons. The predicted molar refractivity (Wildman–Crippen MR) is 84.1 cm³/mol. The quantitative estimate of drug-likeness (QED) is 0.828. The maximum absolute atomic E-state index is 11.9. The van der Waals surface area contributed by atoms with Crippen molar-refractivity contribution >= 4 is 39.7 Å². The van der Waals surface area contributed by atoms with Gasteiger partial charge in [0.1, 0.15) is 4.88 Å². The summed E-state index contributed by atoms with van der Waals surface area (Å²) in [6.45, 7) is 3.80. The van der Waals surface area contributed by atoms with E-state index in [1.165, 1.54) is 0 Å². The monoisotopic (exact) mass is 324 g/mol. The first-order valence-electron chi connectivity index (χ1n) is 6.55. The van der Waals surface area contributed by atoms with E-state index in [0.717, 1.165) is 16.9 Å². The first-order valence-corrected chi connectivity index (χ1v) is 8.31. The molecule has 0 unspecified atom stereocenters. The van der Waals surface area contributed by atoms with E-state index in [0.29, 0.717) is 35.2 Å². The van der Waals surface area contributed by atoms with Crippen LogP contribution in [0.3, 0.4) is 0 Å². The third-order valence-corrected chi connectivity index (χ3v) is 4.51. The highest BCUT2D eigenvalue weighted by atomic mass is 32.1. The van der Waals surface area contributed by atoms with Crippen LogP contribution in [0, 0.1) is 6.92 Å². The molecule has 0 aromatic carbocycles. The molecule has 5 nitrogen and oxygen atoms in total. The number of carbonyl (C=O) groups is 2. The fraction of sp³-hybridized carbons (Fsp3) is 0.357. The molecule has 0 fully saturated rings. The van der Waals surface area contributed by atoms with Gasteiger partial charge in [-0.2, -0.15) is 11.3 Å². The number of thiazole rings is 1. The van der Waals surface area contributed by atoms with Gasteiger partial charge < -0.3 is 10.1 Å². The van der Waals surface area contributed by atoms with Crippen LogP contribution in [0.15, 0.2) is 16.8 Å². The maximum Gasteiger partial charge on any atom is 0.350 e. The molecule has 0 spiro atoms. The second kappa shape index (κ2) is 7.33. The molecular formula is C14H16N2O3S2. The molecule has 2 aromatic rings. The fourth-order valence-electron chi connectivity index (χ4n) is 1.71. The molecule has 1 N–H and O–H groups in total. The summed E-state index contributed by atoms with van der Waals surface area (Å²) >= 11 is 2.76. The van der Waals surface area contributed by atoms with Gasteiger partial charge in [-0.15, -0.1) is 0 Å². The Morgan fingerprint density at radius 2 is 2.24 bits per heavy atom. The Kier molecular flexibility index (Phi) is 5.46. The second-order valence-corrected chi connectivity index (χ2v) is 6.11. The lowest BCUT2D eigenvalue weighted by molar-refractivity contribution is -0.116. The topological polar surface area (TPSA) is 68.3 Å². The van der Waals surface area contributed by atoms with Crippen molar-refractivity contribution in [3.8, 4) is 0 Å². The smallest absolute Gasteiger partial charge is 0.350 e. The van der Waals surface area contributed by atoms with Gasteiger partial charge in [0.2, 0.25) is 5.91 Å². The zero-order valence-electron chi connectivity index (χ0n) is 11.8. The summed E-state index contributed by atoms with van der Waals surface area (Å²) in [5.41, 5.74) is 1.73. The average molecular weight is 324 g/mol. The van der Waals surface area contributed by atoms with E-state index in [1.54, 1.807) is 25.2 Å². The normalized spacial score (nSPS) is 10.4. The highest BCUT2D eigenvalue weighted by Gasteiger charge is 2.17. The number of hydrogen-bond acceptors (Lipinski definition) is 6. The number of rotatable bonds is 6. The van der Waals surface area contributed by atoms with Crippen LogP contribution in [0.5, 0.6) is 0 Å². The Labute approximate surface area is 131 Å². The van der Waals surface area contributed by atoms with E-state index < -0.39 is 5.97 Å². The number of carbonyl (C=O) groups excluding carboxylic acids is 2. The maximum atomic E-state index is 11.9. The van der Waals surface area contributed by atoms with Gasteiger partial charge >= 0.3 is 5.97 Å². The molecule has 112 valence electrons. The van der Waals surface area contributed by atoms with E-state index in [1.807, 2.05) is 16.8 Å². The molecule has 0 saturated carbocycles. The SMILES string of the molecule is CCOC(=O)c1sc(NC(=O)CCc2ccsc2)nc1C. The first-order chi connectivity index (χ1) is 10.1. The molecule has 0 aliphatic carbocycles. The molecule has 7 heteroatoms. The van der Waals surface area contributed by atoms with E-state index in [4.69, 9.17) is 4.74 Å². The number of anilines is 1. The molecule has 0 bridgehead atoms. The van der Waals surface area contributed by atoms with Crippen LogP contribution in [-0.2, 0) is 16.0 Å². The number of amides is 1. The Balaban J connectivity index is 1.92. The highest BCUT2D eigenvalue weighted by molar-refractivity contribution is 7.17. The molecule has 1 amide bonds. The van der Waals surface area contributed by atoms with Crippen LogP contribution in [0.4, 0.5) is 5.13 Å². The largest absolute Gasteiger partial charge is 0.462 e. The molecule has 2 aromatic heterocycles. The third-order valence-electron chi connectivity index (χ3n) is 2.72. The number of nitrogens with one attached hydrogen (secondary N) is 1. The van der Waals surface area contributed by atoms with Crippen LogP contribution in [-0.4, -0.2) is 23.5 Å². The van der Waals surface area contributed by atoms with Gasteiger partial charge in [-0.3, -0.25) is 4.79 Å². The van der Waals surface area contributed by atoms with Gasteiger partial charge in [0, 0.05) is 6.42 Å². The van der Waals surface area contributed by atoms with E-state index in [-0.39, 0.29) is 5.91 Å². The number of hydrogen-bond donors (Lipinski definition) is 1. The lowest BCUT2D eigenvalue weighted by atomic mass is 10.2. The van der Waals surface area contributed by atoms with Crippen LogP contribution in [0.1, 0.15) is 34.3 Å². The zero-order chi connectivity index (χ0) is 15.2. The van der Waals surface area contributed by atoms with Gasteiger partial charge in [0.05, 0.1) is 12.3 Å². The fourth-order valence-corrected chi connectivity index (χ4v) is 3.29. The number of thiophene rings is 1. The van der Waals surface area contributed by atoms with E-state index in [9.17, 15) is 9.59 Å². The molecule has 0 atom stereocenters. The molecule has 2 rings (SSSR count). The molecule has 0 aliphatic rings. The van der Waals surface area contributed by atoms with Gasteiger partial charge in [0.25, 0.3) is 0 Å². The molecular weight excluding hydrogens is 308 g/mol. The Bertz CT molecular complexity index is 620. The van der Waals surface area contributed by atoms with Gasteiger partial charge in [0.15, 0.2) is 5.13 Å². The Hall–Kier alpha value is -1.73. The second-order valence-electron chi connectivity index (χ2n) is 4.33.